The molecule has 2 aliphatic rings. The molecular weight excluding hydrogens is 540 g/mol. The number of allylic oxidation sites excluding steroid dienone is 4. The predicted octanol–water partition coefficient (Wildman–Crippen LogP) is 6.14. The molecule has 226 valence electrons. The number of Topliss-reactive ketones (excluding diaryl/α,β-unsaturated/α-hetero) is 2. The number of ether oxygens (including phenoxy) is 2. The van der Waals surface area contributed by atoms with Crippen molar-refractivity contribution in [3.63, 3.8) is 0 Å². The zero-order chi connectivity index (χ0) is 31.2. The average molecular weight is 581 g/mol. The standard InChI is InChI=1S/C32H40N2O8/c1-31(2)15-21(29(25(37)17-31)23(35)11-13-27(39)41-5)33-19-7-9-20(10-8-19)34-22-16-32(3,4)18-26(38)30(22)24(36)12-14-28(40)42-6/h7-10,35-36H,11-18H2,1-6H3/b29-23+,30-24+,33-21?,34-22?. The van der Waals surface area contributed by atoms with Crippen molar-refractivity contribution in [3.8, 4) is 0 Å². The second kappa shape index (κ2) is 13.3. The Bertz CT molecular complexity index is 1270. The molecule has 1 aromatic carbocycles. The number of carbonyl (C=O) groups is 4. The van der Waals surface area contributed by atoms with Gasteiger partial charge in [0.15, 0.2) is 11.6 Å². The van der Waals surface area contributed by atoms with Crippen LogP contribution >= 0.6 is 0 Å². The molecule has 0 aliphatic heterocycles. The Hall–Kier alpha value is -4.08. The molecule has 0 saturated heterocycles. The highest BCUT2D eigenvalue weighted by atomic mass is 16.5. The number of esters is 2. The number of aliphatic hydroxyl groups is 2. The number of benzene rings is 1. The third-order valence-corrected chi connectivity index (χ3v) is 7.25. The van der Waals surface area contributed by atoms with Crippen molar-refractivity contribution in [2.24, 2.45) is 20.8 Å². The van der Waals surface area contributed by atoms with E-state index in [1.165, 1.54) is 14.2 Å². The van der Waals surface area contributed by atoms with Gasteiger partial charge >= 0.3 is 11.9 Å². The first-order valence-electron chi connectivity index (χ1n) is 13.9. The third-order valence-electron chi connectivity index (χ3n) is 7.25. The number of aliphatic hydroxyl groups excluding tert-OH is 2. The van der Waals surface area contributed by atoms with E-state index in [0.717, 1.165) is 0 Å². The van der Waals surface area contributed by atoms with E-state index in [1.807, 2.05) is 27.7 Å². The van der Waals surface area contributed by atoms with Crippen LogP contribution in [0.1, 0.15) is 79.1 Å². The van der Waals surface area contributed by atoms with Gasteiger partial charge in [0, 0.05) is 25.7 Å². The summed E-state index contributed by atoms with van der Waals surface area (Å²) in [5.41, 5.74) is 1.53. The van der Waals surface area contributed by atoms with Gasteiger partial charge in [0.05, 0.1) is 61.0 Å². The Morgan fingerprint density at radius 1 is 0.667 bits per heavy atom. The number of aliphatic imine (C=N–C) groups is 2. The van der Waals surface area contributed by atoms with E-state index in [1.54, 1.807) is 24.3 Å². The Morgan fingerprint density at radius 2 is 1.00 bits per heavy atom. The van der Waals surface area contributed by atoms with Crippen LogP contribution in [-0.4, -0.2) is 59.4 Å². The van der Waals surface area contributed by atoms with Gasteiger partial charge in [0.25, 0.3) is 0 Å². The number of rotatable bonds is 8. The van der Waals surface area contributed by atoms with Gasteiger partial charge in [-0.15, -0.1) is 0 Å². The SMILES string of the molecule is COC(=O)CC/C(O)=C1\C(=O)CC(C)(C)CC1=Nc1ccc(N=C2CC(C)(C)CC(=O)/C2=C(/O)CCC(=O)OC)cc1. The topological polar surface area (TPSA) is 152 Å². The van der Waals surface area contributed by atoms with E-state index in [2.05, 4.69) is 9.47 Å². The minimum atomic E-state index is -0.487. The van der Waals surface area contributed by atoms with Crippen LogP contribution in [0.5, 0.6) is 0 Å². The van der Waals surface area contributed by atoms with Crippen LogP contribution in [0.3, 0.4) is 0 Å². The lowest BCUT2D eigenvalue weighted by molar-refractivity contribution is -0.141. The molecule has 0 radical (unpaired) electrons. The lowest BCUT2D eigenvalue weighted by atomic mass is 9.73. The molecule has 0 unspecified atom stereocenters. The summed E-state index contributed by atoms with van der Waals surface area (Å²) in [4.78, 5) is 58.5. The number of ketones is 2. The maximum absolute atomic E-state index is 13.0. The first-order chi connectivity index (χ1) is 19.6. The molecule has 10 heteroatoms. The Kier molecular flexibility index (Phi) is 10.2. The summed E-state index contributed by atoms with van der Waals surface area (Å²) in [5, 5.41) is 21.4. The van der Waals surface area contributed by atoms with Crippen LogP contribution in [0.4, 0.5) is 11.4 Å². The Morgan fingerprint density at radius 3 is 1.31 bits per heavy atom. The maximum Gasteiger partial charge on any atom is 0.305 e. The van der Waals surface area contributed by atoms with Gasteiger partial charge in [-0.05, 0) is 47.9 Å². The third kappa shape index (κ3) is 8.47. The lowest BCUT2D eigenvalue weighted by Gasteiger charge is -2.31. The molecule has 3 rings (SSSR count). The van der Waals surface area contributed by atoms with Gasteiger partial charge in [0.2, 0.25) is 0 Å². The van der Waals surface area contributed by atoms with Crippen LogP contribution in [-0.2, 0) is 28.7 Å². The average Bonchev–Trinajstić information content (AvgIpc) is 2.89. The fourth-order valence-corrected chi connectivity index (χ4v) is 5.23. The highest BCUT2D eigenvalue weighted by molar-refractivity contribution is 6.26. The predicted molar refractivity (Wildman–Crippen MR) is 158 cm³/mol. The highest BCUT2D eigenvalue weighted by Gasteiger charge is 2.37. The monoisotopic (exact) mass is 580 g/mol. The summed E-state index contributed by atoms with van der Waals surface area (Å²) in [6.45, 7) is 7.84. The van der Waals surface area contributed by atoms with Crippen LogP contribution in [0, 0.1) is 10.8 Å². The molecule has 2 fully saturated rings. The number of hydrogen-bond acceptors (Lipinski definition) is 10. The second-order valence-corrected chi connectivity index (χ2v) is 12.3. The fourth-order valence-electron chi connectivity index (χ4n) is 5.23. The van der Waals surface area contributed by atoms with Gasteiger partial charge in [-0.3, -0.25) is 29.2 Å². The smallest absolute Gasteiger partial charge is 0.305 e. The molecule has 42 heavy (non-hydrogen) atoms. The van der Waals surface area contributed by atoms with Gasteiger partial charge < -0.3 is 19.7 Å². The normalized spacial score (nSPS) is 22.6. The molecule has 0 amide bonds. The first-order valence-corrected chi connectivity index (χ1v) is 13.9. The van der Waals surface area contributed by atoms with Crippen molar-refractivity contribution in [2.75, 3.05) is 14.2 Å². The minimum absolute atomic E-state index is 0.0268. The maximum atomic E-state index is 13.0. The number of nitrogens with zero attached hydrogens (tertiary/aromatic N) is 2. The molecule has 0 aromatic heterocycles. The van der Waals surface area contributed by atoms with E-state index < -0.39 is 11.9 Å². The number of hydrogen-bond donors (Lipinski definition) is 2. The van der Waals surface area contributed by atoms with E-state index in [0.29, 0.717) is 35.6 Å². The van der Waals surface area contributed by atoms with Gasteiger partial charge in [0.1, 0.15) is 11.5 Å². The molecule has 2 saturated carbocycles. The van der Waals surface area contributed by atoms with Crippen molar-refractivity contribution >= 4 is 46.3 Å². The molecule has 10 nitrogen and oxygen atoms in total. The van der Waals surface area contributed by atoms with Crippen molar-refractivity contribution in [1.82, 2.24) is 0 Å². The summed E-state index contributed by atoms with van der Waals surface area (Å²) < 4.78 is 9.29. The van der Waals surface area contributed by atoms with Gasteiger partial charge in [-0.2, -0.15) is 0 Å². The summed E-state index contributed by atoms with van der Waals surface area (Å²) in [6, 6.07) is 6.88. The van der Waals surface area contributed by atoms with Crippen LogP contribution in [0.25, 0.3) is 0 Å². The van der Waals surface area contributed by atoms with Crippen LogP contribution in [0.2, 0.25) is 0 Å². The van der Waals surface area contributed by atoms with Crippen molar-refractivity contribution in [1.29, 1.82) is 0 Å². The molecule has 0 atom stereocenters. The molecule has 0 bridgehead atoms. The van der Waals surface area contributed by atoms with E-state index >= 15 is 0 Å². The second-order valence-electron chi connectivity index (χ2n) is 12.3. The molecule has 0 heterocycles. The highest BCUT2D eigenvalue weighted by Crippen LogP contribution is 2.38. The zero-order valence-corrected chi connectivity index (χ0v) is 25.2. The van der Waals surface area contributed by atoms with Gasteiger partial charge in [-0.25, -0.2) is 0 Å². The van der Waals surface area contributed by atoms with Crippen LogP contribution in [0.15, 0.2) is 56.9 Å². The molecular formula is C32H40N2O8. The molecule has 2 N–H and O–H groups in total. The summed E-state index contributed by atoms with van der Waals surface area (Å²) in [7, 11) is 2.53. The summed E-state index contributed by atoms with van der Waals surface area (Å²) in [5.74, 6) is -1.80. The Labute approximate surface area is 246 Å². The number of carbonyl (C=O) groups excluding carboxylic acids is 4. The molecule has 2 aliphatic carbocycles. The van der Waals surface area contributed by atoms with Gasteiger partial charge in [-0.1, -0.05) is 27.7 Å². The zero-order valence-electron chi connectivity index (χ0n) is 25.2. The summed E-state index contributed by atoms with van der Waals surface area (Å²) in [6.07, 6.45) is 1.24. The van der Waals surface area contributed by atoms with Crippen molar-refractivity contribution in [2.45, 2.75) is 79.1 Å². The Balaban J connectivity index is 1.96. The fraction of sp³-hybridized carbons (Fsp3) is 0.500. The summed E-state index contributed by atoms with van der Waals surface area (Å²) >= 11 is 0. The molecule has 0 spiro atoms. The van der Waals surface area contributed by atoms with E-state index in [4.69, 9.17) is 9.98 Å². The largest absolute Gasteiger partial charge is 0.511 e. The molecule has 1 aromatic rings. The number of methoxy groups -OCH3 is 2. The van der Waals surface area contributed by atoms with Crippen LogP contribution < -0.4 is 0 Å². The van der Waals surface area contributed by atoms with E-state index in [9.17, 15) is 29.4 Å². The van der Waals surface area contributed by atoms with Crippen molar-refractivity contribution in [3.05, 3.63) is 46.9 Å². The minimum Gasteiger partial charge on any atom is -0.511 e. The first kappa shape index (κ1) is 32.4. The van der Waals surface area contributed by atoms with Crippen molar-refractivity contribution < 1.29 is 38.9 Å². The quantitative estimate of drug-likeness (QED) is 0.211. The lowest BCUT2D eigenvalue weighted by Crippen LogP contribution is -2.32. The van der Waals surface area contributed by atoms with E-state index in [-0.39, 0.29) is 83.6 Å².